The van der Waals surface area contributed by atoms with E-state index in [1.807, 2.05) is 23.5 Å². The van der Waals surface area contributed by atoms with Crippen molar-refractivity contribution in [3.8, 4) is 11.3 Å². The Kier molecular flexibility index (Phi) is 7.35. The summed E-state index contributed by atoms with van der Waals surface area (Å²) in [6.07, 6.45) is -2.59. The van der Waals surface area contributed by atoms with E-state index in [-0.39, 0.29) is 28.8 Å². The van der Waals surface area contributed by atoms with Crippen LogP contribution in [0.15, 0.2) is 24.4 Å². The monoisotopic (exact) mass is 476 g/mol. The summed E-state index contributed by atoms with van der Waals surface area (Å²) >= 11 is 0. The molecule has 2 heterocycles. The summed E-state index contributed by atoms with van der Waals surface area (Å²) in [6.45, 7) is -0.529. The summed E-state index contributed by atoms with van der Waals surface area (Å²) in [6, 6.07) is 3.56. The average molecular weight is 476 g/mol. The van der Waals surface area contributed by atoms with Crippen LogP contribution in [0.3, 0.4) is 0 Å². The molecule has 5 N–H and O–H groups in total. The largest absolute Gasteiger partial charge is 0.423 e. The molecule has 3 rings (SSSR count). The third-order valence-electron chi connectivity index (χ3n) is 5.85. The van der Waals surface area contributed by atoms with Crippen molar-refractivity contribution in [2.45, 2.75) is 35.8 Å². The van der Waals surface area contributed by atoms with Crippen LogP contribution in [0.4, 0.5) is 19.0 Å². The van der Waals surface area contributed by atoms with E-state index >= 15 is 0 Å². The molecule has 180 valence electrons. The van der Waals surface area contributed by atoms with Gasteiger partial charge in [0.15, 0.2) is 11.5 Å². The number of carbonyl (C=O) groups is 1. The van der Waals surface area contributed by atoms with Crippen LogP contribution in [-0.2, 0) is 15.5 Å². The van der Waals surface area contributed by atoms with Crippen LogP contribution in [0.5, 0.6) is 0 Å². The lowest BCUT2D eigenvalue weighted by Gasteiger charge is -2.31. The summed E-state index contributed by atoms with van der Waals surface area (Å²) in [5.41, 5.74) is 2.66. The van der Waals surface area contributed by atoms with Gasteiger partial charge in [0.2, 0.25) is 5.60 Å². The van der Waals surface area contributed by atoms with Crippen LogP contribution in [0, 0.1) is 0 Å². The molecule has 1 saturated heterocycles. The van der Waals surface area contributed by atoms with E-state index in [2.05, 4.69) is 15.3 Å². The lowest BCUT2D eigenvalue weighted by atomic mass is 9.39. The van der Waals surface area contributed by atoms with Gasteiger partial charge in [-0.25, -0.2) is 9.97 Å². The van der Waals surface area contributed by atoms with Gasteiger partial charge in [0.1, 0.15) is 0 Å². The van der Waals surface area contributed by atoms with E-state index in [0.29, 0.717) is 31.6 Å². The summed E-state index contributed by atoms with van der Waals surface area (Å²) in [7, 11) is 5.57. The highest BCUT2D eigenvalue weighted by Gasteiger charge is 2.55. The maximum Gasteiger partial charge on any atom is 0.423 e. The van der Waals surface area contributed by atoms with Crippen LogP contribution >= 0.6 is 0 Å². The Morgan fingerprint density at radius 3 is 2.44 bits per heavy atom. The molecule has 1 aromatic heterocycles. The van der Waals surface area contributed by atoms with Crippen molar-refractivity contribution in [1.82, 2.24) is 15.3 Å². The number of alkyl halides is 3. The zero-order chi connectivity index (χ0) is 25.3. The van der Waals surface area contributed by atoms with Crippen LogP contribution in [0.25, 0.3) is 11.3 Å². The van der Waals surface area contributed by atoms with Crippen LogP contribution in [-0.4, -0.2) is 81.7 Å². The maximum absolute atomic E-state index is 13.6. The number of hydrogen-bond donors (Lipinski definition) is 4. The molecule has 0 radical (unpaired) electrons. The summed E-state index contributed by atoms with van der Waals surface area (Å²) in [5, 5.41) is 22.0. The van der Waals surface area contributed by atoms with E-state index in [1.54, 1.807) is 0 Å². The zero-order valence-corrected chi connectivity index (χ0v) is 19.2. The number of aromatic nitrogens is 2. The highest BCUT2D eigenvalue weighted by Crippen LogP contribution is 2.41. The molecule has 1 aliphatic rings. The molecule has 1 aromatic carbocycles. The second-order valence-corrected chi connectivity index (χ2v) is 9.38. The molecule has 14 heteroatoms. The highest BCUT2D eigenvalue weighted by molar-refractivity contribution is 6.59. The second kappa shape index (κ2) is 9.59. The van der Waals surface area contributed by atoms with Crippen molar-refractivity contribution in [3.63, 3.8) is 0 Å². The quantitative estimate of drug-likeness (QED) is 0.370. The lowest BCUT2D eigenvalue weighted by Crippen LogP contribution is -2.45. The first kappa shape index (κ1) is 26.0. The topological polar surface area (TPSA) is 131 Å². The standard InChI is InChI=1S/C20H26B3F3N4O4/c21-19(22,23)13-2-1-10(18(33,9-31)20(24,25)26)7-12(13)14-8-28-16(27)15(30-14)17(32)29-11-3-5-34-6-4-11/h1-2,7-8,11,31,33H,3-6,9,21-23H2,(H2,27,28)(H,29,32). The van der Waals surface area contributed by atoms with Crippen molar-refractivity contribution in [3.05, 3.63) is 41.2 Å². The first-order valence-electron chi connectivity index (χ1n) is 10.8. The highest BCUT2D eigenvalue weighted by atomic mass is 19.4. The summed E-state index contributed by atoms with van der Waals surface area (Å²) in [4.78, 5) is 21.2. The van der Waals surface area contributed by atoms with Gasteiger partial charge in [-0.3, -0.25) is 4.79 Å². The molecule has 34 heavy (non-hydrogen) atoms. The zero-order valence-electron chi connectivity index (χ0n) is 19.2. The number of ether oxygens (including phenoxy) is 1. The predicted molar refractivity (Wildman–Crippen MR) is 128 cm³/mol. The molecule has 0 aliphatic carbocycles. The molecule has 1 amide bonds. The summed E-state index contributed by atoms with van der Waals surface area (Å²) < 4.78 is 46.0. The first-order valence-corrected chi connectivity index (χ1v) is 10.8. The number of nitrogens with one attached hydrogen (secondary N) is 1. The lowest BCUT2D eigenvalue weighted by molar-refractivity contribution is -0.277. The molecular weight excluding hydrogens is 450 g/mol. The number of carbonyl (C=O) groups excluding carboxylic acids is 1. The fraction of sp³-hybridized carbons (Fsp3) is 0.450. The molecule has 0 saturated carbocycles. The number of nitrogens with zero attached hydrogens (tertiary/aromatic N) is 2. The number of halogens is 3. The van der Waals surface area contributed by atoms with Crippen LogP contribution in [0.2, 0.25) is 0 Å². The smallest absolute Gasteiger partial charge is 0.393 e. The van der Waals surface area contributed by atoms with Gasteiger partial charge in [-0.05, 0) is 24.5 Å². The minimum atomic E-state index is -5.12. The minimum absolute atomic E-state index is 0.112. The van der Waals surface area contributed by atoms with Gasteiger partial charge in [-0.15, -0.1) is 0 Å². The Hall–Kier alpha value is -2.57. The Morgan fingerprint density at radius 2 is 1.88 bits per heavy atom. The van der Waals surface area contributed by atoms with E-state index in [9.17, 15) is 28.2 Å². The third kappa shape index (κ3) is 5.23. The minimum Gasteiger partial charge on any atom is -0.393 e. The normalized spacial score (nSPS) is 17.2. The van der Waals surface area contributed by atoms with E-state index < -0.39 is 35.0 Å². The van der Waals surface area contributed by atoms with Crippen molar-refractivity contribution in [2.24, 2.45) is 0 Å². The molecule has 1 atom stereocenters. The van der Waals surface area contributed by atoms with Crippen LogP contribution < -0.4 is 11.1 Å². The molecule has 2 aromatic rings. The number of nitrogens with two attached hydrogens (primary N) is 1. The number of hydrogen-bond acceptors (Lipinski definition) is 7. The van der Waals surface area contributed by atoms with Crippen LogP contribution in [0.1, 0.15) is 34.5 Å². The predicted octanol–water partition coefficient (Wildman–Crippen LogP) is -1.61. The number of aliphatic hydroxyl groups is 2. The third-order valence-corrected chi connectivity index (χ3v) is 5.85. The van der Waals surface area contributed by atoms with E-state index in [4.69, 9.17) is 10.5 Å². The number of nitrogen functional groups attached to an aromatic ring is 1. The number of aliphatic hydroxyl groups excluding tert-OH is 1. The number of amides is 1. The summed E-state index contributed by atoms with van der Waals surface area (Å²) in [5.74, 6) is -0.668. The van der Waals surface area contributed by atoms with Gasteiger partial charge in [-0.2, -0.15) is 13.2 Å². The number of benzene rings is 1. The first-order chi connectivity index (χ1) is 15.8. The van der Waals surface area contributed by atoms with E-state index in [0.717, 1.165) is 12.1 Å². The van der Waals surface area contributed by atoms with Crippen molar-refractivity contribution >= 4 is 35.3 Å². The molecule has 8 nitrogen and oxygen atoms in total. The fourth-order valence-electron chi connectivity index (χ4n) is 3.80. The fourth-order valence-corrected chi connectivity index (χ4v) is 3.80. The SMILES string of the molecule is BC(B)(B)c1ccc(C(O)(CO)C(F)(F)F)cc1-c1cnc(N)c(C(=O)NC2CCOCC2)n1. The van der Waals surface area contributed by atoms with Crippen molar-refractivity contribution in [1.29, 1.82) is 0 Å². The Balaban J connectivity index is 2.10. The van der Waals surface area contributed by atoms with Gasteiger partial charge in [0.25, 0.3) is 5.91 Å². The van der Waals surface area contributed by atoms with Gasteiger partial charge >= 0.3 is 6.18 Å². The van der Waals surface area contributed by atoms with Gasteiger partial charge in [0.05, 0.1) is 42.0 Å². The average Bonchev–Trinajstić information content (AvgIpc) is 2.77. The molecule has 1 fully saturated rings. The van der Waals surface area contributed by atoms with Crippen molar-refractivity contribution < 1.29 is 32.9 Å². The molecule has 1 aliphatic heterocycles. The molecule has 1 unspecified atom stereocenters. The number of rotatable bonds is 6. The van der Waals surface area contributed by atoms with Gasteiger partial charge in [0, 0.05) is 24.8 Å². The molecule has 0 spiro atoms. The van der Waals surface area contributed by atoms with Gasteiger partial charge in [-0.1, -0.05) is 22.8 Å². The van der Waals surface area contributed by atoms with Gasteiger partial charge < -0.3 is 26.0 Å². The molecule has 0 bridgehead atoms. The second-order valence-electron chi connectivity index (χ2n) is 9.38. The Labute approximate surface area is 197 Å². The number of anilines is 1. The maximum atomic E-state index is 13.6. The Morgan fingerprint density at radius 1 is 1.24 bits per heavy atom. The molecular formula is C20H26B3F3N4O4. The Bertz CT molecular complexity index is 1060. The van der Waals surface area contributed by atoms with E-state index in [1.165, 1.54) is 12.3 Å². The van der Waals surface area contributed by atoms with Crippen molar-refractivity contribution in [2.75, 3.05) is 25.6 Å².